The van der Waals surface area contributed by atoms with Crippen molar-refractivity contribution in [2.45, 2.75) is 64.5 Å². The summed E-state index contributed by atoms with van der Waals surface area (Å²) in [6.07, 6.45) is 6.14. The maximum atomic E-state index is 10.2. The van der Waals surface area contributed by atoms with Crippen molar-refractivity contribution in [3.63, 3.8) is 0 Å². The second kappa shape index (κ2) is 7.43. The fourth-order valence-electron chi connectivity index (χ4n) is 2.60. The van der Waals surface area contributed by atoms with Gasteiger partial charge in [-0.1, -0.05) is 26.2 Å². The van der Waals surface area contributed by atoms with Gasteiger partial charge in [0.25, 0.3) is 0 Å². The molecule has 1 heterocycles. The van der Waals surface area contributed by atoms with Crippen LogP contribution in [0.25, 0.3) is 0 Å². The van der Waals surface area contributed by atoms with Gasteiger partial charge in [0.15, 0.2) is 0 Å². The molecule has 1 aliphatic carbocycles. The maximum absolute atomic E-state index is 10.2. The van der Waals surface area contributed by atoms with Gasteiger partial charge in [-0.15, -0.1) is 0 Å². The van der Waals surface area contributed by atoms with Crippen LogP contribution >= 0.6 is 0 Å². The van der Waals surface area contributed by atoms with Crippen molar-refractivity contribution in [2.24, 2.45) is 0 Å². The lowest BCUT2D eigenvalue weighted by Crippen LogP contribution is -2.32. The first-order chi connectivity index (χ1) is 9.69. The van der Waals surface area contributed by atoms with Crippen LogP contribution in [0.3, 0.4) is 0 Å². The minimum absolute atomic E-state index is 0.103. The molecule has 1 aromatic heterocycles. The predicted molar refractivity (Wildman–Crippen MR) is 82.1 cm³/mol. The molecule has 112 valence electrons. The molecular weight excluding hydrogens is 252 g/mol. The van der Waals surface area contributed by atoms with Crippen LogP contribution in [0, 0.1) is 6.92 Å². The molecule has 1 fully saturated rings. The Bertz CT molecular complexity index is 424. The number of aromatic nitrogens is 2. The summed E-state index contributed by atoms with van der Waals surface area (Å²) in [5.74, 6) is 1.47. The number of aliphatic hydroxyl groups is 1. The van der Waals surface area contributed by atoms with Gasteiger partial charge in [-0.05, 0) is 26.2 Å². The van der Waals surface area contributed by atoms with Crippen LogP contribution in [0.15, 0.2) is 6.07 Å². The van der Waals surface area contributed by atoms with E-state index >= 15 is 0 Å². The van der Waals surface area contributed by atoms with Crippen LogP contribution in [0.4, 0.5) is 11.8 Å². The molecular formula is C15H26N4O. The Morgan fingerprint density at radius 1 is 1.25 bits per heavy atom. The number of aryl methyl sites for hydroxylation is 1. The molecule has 1 saturated carbocycles. The van der Waals surface area contributed by atoms with Crippen LogP contribution in [0.1, 0.15) is 51.1 Å². The van der Waals surface area contributed by atoms with Crippen molar-refractivity contribution in [2.75, 3.05) is 17.2 Å². The van der Waals surface area contributed by atoms with Crippen molar-refractivity contribution in [1.29, 1.82) is 0 Å². The van der Waals surface area contributed by atoms with Crippen LogP contribution in [-0.2, 0) is 0 Å². The highest BCUT2D eigenvalue weighted by Gasteiger charge is 2.21. The molecule has 1 aliphatic rings. The average molecular weight is 278 g/mol. The third-order valence-corrected chi connectivity index (χ3v) is 3.70. The number of rotatable bonds is 5. The molecule has 0 aliphatic heterocycles. The van der Waals surface area contributed by atoms with Crippen LogP contribution in [0.5, 0.6) is 0 Å². The fraction of sp³-hybridized carbons (Fsp3) is 0.733. The van der Waals surface area contributed by atoms with Crippen LogP contribution in [-0.4, -0.2) is 33.8 Å². The summed E-state index contributed by atoms with van der Waals surface area (Å²) in [5, 5.41) is 16.8. The third-order valence-electron chi connectivity index (χ3n) is 3.70. The Balaban J connectivity index is 2.05. The topological polar surface area (TPSA) is 70.1 Å². The normalized spacial score (nSPS) is 23.1. The molecule has 3 N–H and O–H groups in total. The zero-order valence-corrected chi connectivity index (χ0v) is 12.5. The molecule has 0 saturated heterocycles. The highest BCUT2D eigenvalue weighted by Crippen LogP contribution is 2.21. The number of nitrogens with zero attached hydrogens (tertiary/aromatic N) is 2. The van der Waals surface area contributed by atoms with Gasteiger partial charge >= 0.3 is 0 Å². The highest BCUT2D eigenvalue weighted by atomic mass is 16.3. The van der Waals surface area contributed by atoms with Gasteiger partial charge < -0.3 is 15.7 Å². The standard InChI is InChI=1S/C15H26N4O/c1-3-9-16-15-17-11(2)10-14(19-15)18-12-7-5-4-6-8-13(12)20/h10,12-13,20H,3-9H2,1-2H3,(H2,16,17,18,19). The zero-order chi connectivity index (χ0) is 14.4. The van der Waals surface area contributed by atoms with E-state index in [1.54, 1.807) is 0 Å². The maximum Gasteiger partial charge on any atom is 0.224 e. The number of hydrogen-bond donors (Lipinski definition) is 3. The minimum atomic E-state index is -0.278. The molecule has 2 atom stereocenters. The summed E-state index contributed by atoms with van der Waals surface area (Å²) in [6, 6.07) is 2.04. The van der Waals surface area contributed by atoms with Gasteiger partial charge in [0.1, 0.15) is 5.82 Å². The van der Waals surface area contributed by atoms with E-state index in [1.807, 2.05) is 13.0 Å². The summed E-state index contributed by atoms with van der Waals surface area (Å²) >= 11 is 0. The van der Waals surface area contributed by atoms with E-state index in [9.17, 15) is 5.11 Å². The Kier molecular flexibility index (Phi) is 5.59. The number of aliphatic hydroxyl groups excluding tert-OH is 1. The van der Waals surface area contributed by atoms with Gasteiger partial charge in [-0.2, -0.15) is 4.98 Å². The van der Waals surface area contributed by atoms with E-state index in [2.05, 4.69) is 27.5 Å². The molecule has 20 heavy (non-hydrogen) atoms. The molecule has 2 unspecified atom stereocenters. The molecule has 5 heteroatoms. The average Bonchev–Trinajstić information content (AvgIpc) is 2.61. The lowest BCUT2D eigenvalue weighted by molar-refractivity contribution is 0.144. The van der Waals surface area contributed by atoms with Gasteiger partial charge in [0.05, 0.1) is 12.1 Å². The summed E-state index contributed by atoms with van der Waals surface area (Å²) in [5.41, 5.74) is 0.934. The minimum Gasteiger partial charge on any atom is -0.391 e. The number of nitrogens with one attached hydrogen (secondary N) is 2. The summed E-state index contributed by atoms with van der Waals surface area (Å²) in [7, 11) is 0. The van der Waals surface area contributed by atoms with Gasteiger partial charge in [0.2, 0.25) is 5.95 Å². The van der Waals surface area contributed by atoms with E-state index in [0.29, 0.717) is 5.95 Å². The Labute approximate surface area is 121 Å². The Morgan fingerprint density at radius 2 is 2.05 bits per heavy atom. The Morgan fingerprint density at radius 3 is 2.85 bits per heavy atom. The fourth-order valence-corrected chi connectivity index (χ4v) is 2.60. The van der Waals surface area contributed by atoms with Crippen molar-refractivity contribution in [3.05, 3.63) is 11.8 Å². The Hall–Kier alpha value is -1.36. The molecule has 0 aromatic carbocycles. The first-order valence-corrected chi connectivity index (χ1v) is 7.73. The SMILES string of the molecule is CCCNc1nc(C)cc(NC2CCCCCC2O)n1. The summed E-state index contributed by atoms with van der Waals surface area (Å²) in [4.78, 5) is 8.86. The van der Waals surface area contributed by atoms with Crippen LogP contribution in [0.2, 0.25) is 0 Å². The van der Waals surface area contributed by atoms with Gasteiger partial charge in [-0.25, -0.2) is 4.98 Å². The summed E-state index contributed by atoms with van der Waals surface area (Å²) < 4.78 is 0. The van der Waals surface area contributed by atoms with Crippen LogP contribution < -0.4 is 10.6 Å². The van der Waals surface area contributed by atoms with Crippen molar-refractivity contribution in [3.8, 4) is 0 Å². The quantitative estimate of drug-likeness (QED) is 0.722. The largest absolute Gasteiger partial charge is 0.391 e. The zero-order valence-electron chi connectivity index (χ0n) is 12.5. The van der Waals surface area contributed by atoms with E-state index < -0.39 is 0 Å². The first-order valence-electron chi connectivity index (χ1n) is 7.73. The van der Waals surface area contributed by atoms with E-state index in [0.717, 1.165) is 43.7 Å². The third kappa shape index (κ3) is 4.34. The van der Waals surface area contributed by atoms with Crippen molar-refractivity contribution < 1.29 is 5.11 Å². The second-order valence-electron chi connectivity index (χ2n) is 5.60. The predicted octanol–water partition coefficient (Wildman–Crippen LogP) is 2.71. The number of hydrogen-bond acceptors (Lipinski definition) is 5. The monoisotopic (exact) mass is 278 g/mol. The smallest absolute Gasteiger partial charge is 0.224 e. The molecule has 0 radical (unpaired) electrons. The van der Waals surface area contributed by atoms with E-state index in [4.69, 9.17) is 0 Å². The van der Waals surface area contributed by atoms with E-state index in [1.165, 1.54) is 12.8 Å². The van der Waals surface area contributed by atoms with Crippen molar-refractivity contribution in [1.82, 2.24) is 9.97 Å². The van der Waals surface area contributed by atoms with E-state index in [-0.39, 0.29) is 12.1 Å². The van der Waals surface area contributed by atoms with Crippen molar-refractivity contribution >= 4 is 11.8 Å². The highest BCUT2D eigenvalue weighted by molar-refractivity contribution is 5.43. The first kappa shape index (κ1) is 15.0. The van der Waals surface area contributed by atoms with Gasteiger partial charge in [0, 0.05) is 18.3 Å². The molecule has 0 bridgehead atoms. The molecule has 5 nitrogen and oxygen atoms in total. The second-order valence-corrected chi connectivity index (χ2v) is 5.60. The molecule has 1 aromatic rings. The molecule has 0 spiro atoms. The lowest BCUT2D eigenvalue weighted by Gasteiger charge is -2.22. The molecule has 2 rings (SSSR count). The lowest BCUT2D eigenvalue weighted by atomic mass is 10.1. The summed E-state index contributed by atoms with van der Waals surface area (Å²) in [6.45, 7) is 4.95. The number of anilines is 2. The molecule has 0 amide bonds. The van der Waals surface area contributed by atoms with Gasteiger partial charge in [-0.3, -0.25) is 0 Å².